The largest absolute Gasteiger partial charge is 0.497 e. The maximum atomic E-state index is 14.2. The van der Waals surface area contributed by atoms with E-state index in [2.05, 4.69) is 0 Å². The number of likely N-dealkylation sites (tertiary alicyclic amines) is 1. The highest BCUT2D eigenvalue weighted by Gasteiger charge is 2.71. The van der Waals surface area contributed by atoms with Crippen molar-refractivity contribution < 1.29 is 29.0 Å². The molecule has 3 amide bonds. The molecule has 6 rings (SSSR count). The van der Waals surface area contributed by atoms with Crippen molar-refractivity contribution in [3.05, 3.63) is 84.5 Å². The molecule has 9 nitrogen and oxygen atoms in total. The molecule has 0 radical (unpaired) electrons. The monoisotopic (exact) mass is 529 g/mol. The van der Waals surface area contributed by atoms with Crippen LogP contribution in [0, 0.1) is 11.8 Å². The van der Waals surface area contributed by atoms with Gasteiger partial charge in [0.25, 0.3) is 5.91 Å². The van der Waals surface area contributed by atoms with E-state index in [0.717, 1.165) is 5.56 Å². The molecule has 2 aromatic rings. The second kappa shape index (κ2) is 9.98. The van der Waals surface area contributed by atoms with E-state index in [9.17, 15) is 19.5 Å². The maximum Gasteiger partial charge on any atom is 0.253 e. The molecule has 39 heavy (non-hydrogen) atoms. The van der Waals surface area contributed by atoms with Crippen LogP contribution in [0.25, 0.3) is 0 Å². The Kier molecular flexibility index (Phi) is 6.48. The van der Waals surface area contributed by atoms with Crippen LogP contribution in [0.3, 0.4) is 0 Å². The average Bonchev–Trinajstić information content (AvgIpc) is 3.26. The summed E-state index contributed by atoms with van der Waals surface area (Å²) in [5, 5.41) is 9.85. The van der Waals surface area contributed by atoms with Gasteiger partial charge >= 0.3 is 0 Å². The lowest BCUT2D eigenvalue weighted by Gasteiger charge is -2.35. The topological polar surface area (TPSA) is 99.6 Å². The third kappa shape index (κ3) is 4.04. The smallest absolute Gasteiger partial charge is 0.253 e. The molecule has 1 unspecified atom stereocenters. The molecule has 2 fully saturated rings. The molecule has 2 saturated heterocycles. The van der Waals surface area contributed by atoms with E-state index in [4.69, 9.17) is 9.47 Å². The fourth-order valence-corrected chi connectivity index (χ4v) is 6.48. The summed E-state index contributed by atoms with van der Waals surface area (Å²) in [6, 6.07) is 15.8. The first-order valence-corrected chi connectivity index (χ1v) is 13.2. The molecule has 4 aliphatic rings. The number of amides is 3. The Bertz CT molecular complexity index is 1330. The molecular weight excluding hydrogens is 498 g/mol. The zero-order valence-electron chi connectivity index (χ0n) is 21.7. The Morgan fingerprint density at radius 3 is 2.46 bits per heavy atom. The molecule has 4 heterocycles. The fraction of sp³-hybridized carbons (Fsp3) is 0.367. The number of aliphatic hydroxyl groups is 1. The van der Waals surface area contributed by atoms with Crippen molar-refractivity contribution in [2.24, 2.45) is 11.8 Å². The number of ether oxygens (including phenoxy) is 2. The van der Waals surface area contributed by atoms with Crippen LogP contribution in [0.5, 0.6) is 5.75 Å². The van der Waals surface area contributed by atoms with Gasteiger partial charge in [-0.2, -0.15) is 0 Å². The summed E-state index contributed by atoms with van der Waals surface area (Å²) in [5.74, 6) is -1.84. The molecule has 9 heteroatoms. The highest BCUT2D eigenvalue weighted by Crippen LogP contribution is 2.53. The minimum absolute atomic E-state index is 0.0315. The van der Waals surface area contributed by atoms with Gasteiger partial charge in [0, 0.05) is 31.9 Å². The van der Waals surface area contributed by atoms with E-state index < -0.39 is 29.6 Å². The molecule has 0 saturated carbocycles. The van der Waals surface area contributed by atoms with E-state index in [1.165, 1.54) is 4.90 Å². The molecule has 0 aromatic heterocycles. The van der Waals surface area contributed by atoms with Crippen molar-refractivity contribution in [2.45, 2.75) is 24.3 Å². The Morgan fingerprint density at radius 1 is 0.974 bits per heavy atom. The van der Waals surface area contributed by atoms with Gasteiger partial charge in [0.05, 0.1) is 31.7 Å². The number of hydrogen-bond acceptors (Lipinski definition) is 6. The van der Waals surface area contributed by atoms with Gasteiger partial charge in [0.1, 0.15) is 17.4 Å². The van der Waals surface area contributed by atoms with Gasteiger partial charge in [-0.05, 0) is 29.8 Å². The van der Waals surface area contributed by atoms with Gasteiger partial charge in [-0.1, -0.05) is 54.6 Å². The number of methoxy groups -OCH3 is 1. The number of carbonyl (C=O) groups excluding carboxylic acids is 3. The second-order valence-corrected chi connectivity index (χ2v) is 10.3. The molecule has 5 atom stereocenters. The zero-order chi connectivity index (χ0) is 27.1. The molecule has 0 aliphatic carbocycles. The zero-order valence-corrected chi connectivity index (χ0v) is 21.7. The Morgan fingerprint density at radius 2 is 1.74 bits per heavy atom. The minimum atomic E-state index is -1.32. The van der Waals surface area contributed by atoms with Crippen molar-refractivity contribution in [3.8, 4) is 5.75 Å². The quantitative estimate of drug-likeness (QED) is 0.573. The predicted octanol–water partition coefficient (Wildman–Crippen LogP) is 1.77. The van der Waals surface area contributed by atoms with Gasteiger partial charge in [-0.3, -0.25) is 14.4 Å². The molecule has 202 valence electrons. The second-order valence-electron chi connectivity index (χ2n) is 10.3. The highest BCUT2D eigenvalue weighted by atomic mass is 16.5. The first kappa shape index (κ1) is 25.3. The lowest BCUT2D eigenvalue weighted by molar-refractivity contribution is -0.145. The van der Waals surface area contributed by atoms with Crippen LogP contribution in [-0.2, 0) is 25.7 Å². The minimum Gasteiger partial charge on any atom is -0.497 e. The van der Waals surface area contributed by atoms with Crippen LogP contribution in [0.4, 0.5) is 5.69 Å². The predicted molar refractivity (Wildman–Crippen MR) is 143 cm³/mol. The van der Waals surface area contributed by atoms with Crippen molar-refractivity contribution in [1.29, 1.82) is 0 Å². The van der Waals surface area contributed by atoms with Crippen LogP contribution in [0.15, 0.2) is 78.9 Å². The van der Waals surface area contributed by atoms with Crippen LogP contribution in [-0.4, -0.2) is 83.7 Å². The number of anilines is 1. The van der Waals surface area contributed by atoms with Gasteiger partial charge in [0.2, 0.25) is 11.8 Å². The lowest BCUT2D eigenvalue weighted by atomic mass is 9.77. The van der Waals surface area contributed by atoms with Gasteiger partial charge in [0.15, 0.2) is 0 Å². The third-order valence-electron chi connectivity index (χ3n) is 8.18. The molecule has 0 bridgehead atoms. The van der Waals surface area contributed by atoms with Crippen LogP contribution in [0.2, 0.25) is 0 Å². The molecular formula is C30H31N3O6. The number of aliphatic hydroxyl groups excluding tert-OH is 1. The number of hydrogen-bond donors (Lipinski definition) is 1. The van der Waals surface area contributed by atoms with Crippen molar-refractivity contribution in [3.63, 3.8) is 0 Å². The lowest BCUT2D eigenvalue weighted by Crippen LogP contribution is -2.55. The Hall–Kier alpha value is -3.95. The SMILES string of the molecule is COc1ccc(N2CC=C[C@]34O[C@H]5C=CCN(Cc6ccccc6)C(=O)[C@H]5[C@H]3C(=O)N(CCO)C4C2=O)cc1. The van der Waals surface area contributed by atoms with Gasteiger partial charge in [-0.25, -0.2) is 0 Å². The summed E-state index contributed by atoms with van der Waals surface area (Å²) in [5.41, 5.74) is 0.318. The summed E-state index contributed by atoms with van der Waals surface area (Å²) in [6.07, 6.45) is 6.75. The summed E-state index contributed by atoms with van der Waals surface area (Å²) in [7, 11) is 1.57. The summed E-state index contributed by atoms with van der Waals surface area (Å²) in [6.45, 7) is 0.746. The van der Waals surface area contributed by atoms with E-state index in [-0.39, 0.29) is 37.4 Å². The summed E-state index contributed by atoms with van der Waals surface area (Å²) in [4.78, 5) is 47.0. The molecule has 1 N–H and O–H groups in total. The summed E-state index contributed by atoms with van der Waals surface area (Å²) < 4.78 is 11.9. The van der Waals surface area contributed by atoms with Crippen LogP contribution < -0.4 is 9.64 Å². The van der Waals surface area contributed by atoms with E-state index in [0.29, 0.717) is 24.5 Å². The molecule has 2 aromatic carbocycles. The number of rotatable bonds is 6. The highest BCUT2D eigenvalue weighted by molar-refractivity contribution is 6.05. The van der Waals surface area contributed by atoms with Gasteiger partial charge < -0.3 is 29.3 Å². The normalized spacial score (nSPS) is 29.7. The van der Waals surface area contributed by atoms with E-state index in [1.54, 1.807) is 47.3 Å². The molecule has 4 aliphatic heterocycles. The van der Waals surface area contributed by atoms with Crippen LogP contribution in [0.1, 0.15) is 5.56 Å². The first-order chi connectivity index (χ1) is 19.0. The van der Waals surface area contributed by atoms with E-state index >= 15 is 0 Å². The van der Waals surface area contributed by atoms with E-state index in [1.807, 2.05) is 48.6 Å². The summed E-state index contributed by atoms with van der Waals surface area (Å²) >= 11 is 0. The van der Waals surface area contributed by atoms with Gasteiger partial charge in [-0.15, -0.1) is 0 Å². The number of carbonyl (C=O) groups is 3. The number of fused-ring (bicyclic) bond motifs is 2. The first-order valence-electron chi connectivity index (χ1n) is 13.2. The Labute approximate surface area is 226 Å². The number of nitrogens with zero attached hydrogens (tertiary/aromatic N) is 3. The number of β-amino-alcohol motifs (C(OH)–C–C–N with tert-alkyl or cyclic N) is 1. The molecule has 1 spiro atoms. The van der Waals surface area contributed by atoms with Crippen molar-refractivity contribution in [1.82, 2.24) is 9.80 Å². The average molecular weight is 530 g/mol. The fourth-order valence-electron chi connectivity index (χ4n) is 6.48. The maximum absolute atomic E-state index is 14.2. The standard InChI is InChI=1S/C30H31N3O6/c1-38-22-12-10-21(11-13-22)32-16-6-14-30-25(28(36)33(17-18-34)26(30)29(32)37)24-23(39-30)9-5-15-31(27(24)35)19-20-7-3-2-4-8-20/h2-14,23-26,34H,15-19H2,1H3/t23-,24+,25-,26?,30-/m0/s1. The van der Waals surface area contributed by atoms with Crippen molar-refractivity contribution in [2.75, 3.05) is 38.3 Å². The van der Waals surface area contributed by atoms with Crippen molar-refractivity contribution >= 4 is 23.4 Å². The number of benzene rings is 2. The Balaban J connectivity index is 1.38. The third-order valence-corrected chi connectivity index (χ3v) is 8.18. The van der Waals surface area contributed by atoms with Crippen LogP contribution >= 0.6 is 0 Å².